The van der Waals surface area contributed by atoms with E-state index in [1.807, 2.05) is 17.5 Å². The van der Waals surface area contributed by atoms with Gasteiger partial charge in [-0.05, 0) is 35.7 Å². The molecule has 6 nitrogen and oxygen atoms in total. The van der Waals surface area contributed by atoms with Crippen molar-refractivity contribution >= 4 is 63.4 Å². The predicted molar refractivity (Wildman–Crippen MR) is 135 cm³/mol. The standard InChI is InChI=1S/C23H22ClN3O3S2/c1-4-10-26(11-5-2)21(28)15-32-23-25-19(14-17-7-6-12-31-17)22(29)27(23)16-8-9-20(30-3)18(24)13-16/h4-9,12-14H,1-2,10-11,15H2,3H3. The molecule has 2 amide bonds. The highest BCUT2D eigenvalue weighted by atomic mass is 35.5. The third-order valence-electron chi connectivity index (χ3n) is 4.42. The van der Waals surface area contributed by atoms with Crippen molar-refractivity contribution in [2.75, 3.05) is 30.9 Å². The molecule has 0 bridgehead atoms. The van der Waals surface area contributed by atoms with Gasteiger partial charge in [0.25, 0.3) is 5.91 Å². The summed E-state index contributed by atoms with van der Waals surface area (Å²) in [5.41, 5.74) is 0.839. The molecule has 9 heteroatoms. The summed E-state index contributed by atoms with van der Waals surface area (Å²) < 4.78 is 5.21. The lowest BCUT2D eigenvalue weighted by Gasteiger charge is -2.21. The average Bonchev–Trinajstić information content (AvgIpc) is 3.40. The number of hydrogen-bond donors (Lipinski definition) is 0. The topological polar surface area (TPSA) is 62.2 Å². The number of methoxy groups -OCH3 is 1. The van der Waals surface area contributed by atoms with Gasteiger partial charge < -0.3 is 9.64 Å². The second kappa shape index (κ2) is 11.2. The van der Waals surface area contributed by atoms with Gasteiger partial charge in [0.05, 0.1) is 23.6 Å². The Kier molecular flexibility index (Phi) is 8.33. The molecule has 0 unspecified atom stereocenters. The summed E-state index contributed by atoms with van der Waals surface area (Å²) >= 11 is 9.00. The summed E-state index contributed by atoms with van der Waals surface area (Å²) in [5.74, 6) is 0.222. The molecule has 2 aromatic rings. The third kappa shape index (κ3) is 5.51. The summed E-state index contributed by atoms with van der Waals surface area (Å²) in [4.78, 5) is 34.5. The predicted octanol–water partition coefficient (Wildman–Crippen LogP) is 5.09. The van der Waals surface area contributed by atoms with Crippen LogP contribution in [0, 0.1) is 0 Å². The molecule has 2 heterocycles. The number of anilines is 1. The van der Waals surface area contributed by atoms with E-state index in [4.69, 9.17) is 16.3 Å². The molecule has 166 valence electrons. The Hall–Kier alpha value is -2.81. The second-order valence-corrected chi connectivity index (χ2v) is 8.89. The molecule has 0 aliphatic carbocycles. The number of carbonyl (C=O) groups is 2. The maximum Gasteiger partial charge on any atom is 0.283 e. The molecule has 1 aromatic carbocycles. The fourth-order valence-corrected chi connectivity index (χ4v) is 4.75. The van der Waals surface area contributed by atoms with Crippen LogP contribution in [0.3, 0.4) is 0 Å². The lowest BCUT2D eigenvalue weighted by molar-refractivity contribution is -0.127. The van der Waals surface area contributed by atoms with Gasteiger partial charge in [-0.2, -0.15) is 0 Å². The highest BCUT2D eigenvalue weighted by molar-refractivity contribution is 8.14. The van der Waals surface area contributed by atoms with Crippen molar-refractivity contribution in [3.63, 3.8) is 0 Å². The molecular formula is C23H22ClN3O3S2. The average molecular weight is 488 g/mol. The Labute approximate surface area is 200 Å². The van der Waals surface area contributed by atoms with Gasteiger partial charge >= 0.3 is 0 Å². The molecule has 32 heavy (non-hydrogen) atoms. The zero-order valence-electron chi connectivity index (χ0n) is 17.5. The van der Waals surface area contributed by atoms with Crippen molar-refractivity contribution < 1.29 is 14.3 Å². The number of carbonyl (C=O) groups excluding carboxylic acids is 2. The Morgan fingerprint density at radius 1 is 1.31 bits per heavy atom. The van der Waals surface area contributed by atoms with Crippen LogP contribution >= 0.6 is 34.7 Å². The van der Waals surface area contributed by atoms with Crippen LogP contribution in [-0.2, 0) is 9.59 Å². The molecule has 0 N–H and O–H groups in total. The minimum atomic E-state index is -0.288. The van der Waals surface area contributed by atoms with Crippen LogP contribution in [0.1, 0.15) is 4.88 Å². The monoisotopic (exact) mass is 487 g/mol. The number of halogens is 1. The van der Waals surface area contributed by atoms with Crippen molar-refractivity contribution in [1.29, 1.82) is 0 Å². The quantitative estimate of drug-likeness (QED) is 0.365. The van der Waals surface area contributed by atoms with Gasteiger partial charge in [-0.15, -0.1) is 24.5 Å². The lowest BCUT2D eigenvalue weighted by Crippen LogP contribution is -2.35. The number of thioether (sulfide) groups is 1. The van der Waals surface area contributed by atoms with Crippen LogP contribution in [-0.4, -0.2) is 47.8 Å². The van der Waals surface area contributed by atoms with E-state index < -0.39 is 0 Å². The molecule has 0 fully saturated rings. The van der Waals surface area contributed by atoms with E-state index in [0.717, 1.165) is 4.88 Å². The van der Waals surface area contributed by atoms with Crippen molar-refractivity contribution in [3.8, 4) is 5.75 Å². The van der Waals surface area contributed by atoms with Crippen LogP contribution in [0.25, 0.3) is 6.08 Å². The number of benzene rings is 1. The Morgan fingerprint density at radius 3 is 2.66 bits per heavy atom. The number of aliphatic imine (C=N–C) groups is 1. The van der Waals surface area contributed by atoms with Gasteiger partial charge in [-0.3, -0.25) is 14.5 Å². The van der Waals surface area contributed by atoms with E-state index in [1.165, 1.54) is 35.1 Å². The van der Waals surface area contributed by atoms with E-state index >= 15 is 0 Å². The Morgan fingerprint density at radius 2 is 2.06 bits per heavy atom. The summed E-state index contributed by atoms with van der Waals surface area (Å²) in [6.07, 6.45) is 5.06. The van der Waals surface area contributed by atoms with Gasteiger partial charge in [-0.1, -0.05) is 41.6 Å². The first-order valence-corrected chi connectivity index (χ1v) is 11.9. The van der Waals surface area contributed by atoms with Gasteiger partial charge in [0.1, 0.15) is 11.4 Å². The van der Waals surface area contributed by atoms with E-state index in [9.17, 15) is 9.59 Å². The summed E-state index contributed by atoms with van der Waals surface area (Å²) in [7, 11) is 1.52. The minimum absolute atomic E-state index is 0.103. The van der Waals surface area contributed by atoms with Crippen LogP contribution in [0.15, 0.2) is 71.7 Å². The van der Waals surface area contributed by atoms with Crippen LogP contribution in [0.4, 0.5) is 5.69 Å². The number of nitrogens with zero attached hydrogens (tertiary/aromatic N) is 3. The molecule has 0 radical (unpaired) electrons. The maximum absolute atomic E-state index is 13.2. The number of hydrogen-bond acceptors (Lipinski definition) is 6. The van der Waals surface area contributed by atoms with Gasteiger partial charge in [0.2, 0.25) is 5.91 Å². The zero-order valence-corrected chi connectivity index (χ0v) is 19.9. The summed E-state index contributed by atoms with van der Waals surface area (Å²) in [6.45, 7) is 8.21. The van der Waals surface area contributed by atoms with Gasteiger partial charge in [0.15, 0.2) is 5.17 Å². The highest BCUT2D eigenvalue weighted by Crippen LogP contribution is 2.34. The minimum Gasteiger partial charge on any atom is -0.495 e. The van der Waals surface area contributed by atoms with E-state index in [0.29, 0.717) is 40.4 Å². The fraction of sp³-hybridized carbons (Fsp3) is 0.174. The number of amidine groups is 1. The highest BCUT2D eigenvalue weighted by Gasteiger charge is 2.33. The van der Waals surface area contributed by atoms with Crippen molar-refractivity contribution in [2.45, 2.75) is 0 Å². The van der Waals surface area contributed by atoms with Crippen molar-refractivity contribution in [3.05, 3.63) is 76.6 Å². The second-order valence-electron chi connectivity index (χ2n) is 6.56. The fourth-order valence-electron chi connectivity index (χ4n) is 2.93. The number of rotatable bonds is 9. The molecule has 1 aliphatic heterocycles. The first-order valence-electron chi connectivity index (χ1n) is 9.62. The molecule has 0 saturated carbocycles. The van der Waals surface area contributed by atoms with Crippen LogP contribution in [0.2, 0.25) is 5.02 Å². The largest absolute Gasteiger partial charge is 0.495 e. The lowest BCUT2D eigenvalue weighted by atomic mass is 10.2. The summed E-state index contributed by atoms with van der Waals surface area (Å²) in [6, 6.07) is 8.88. The molecule has 0 spiro atoms. The van der Waals surface area contributed by atoms with Crippen LogP contribution < -0.4 is 9.64 Å². The van der Waals surface area contributed by atoms with E-state index in [2.05, 4.69) is 18.2 Å². The first kappa shape index (κ1) is 23.8. The van der Waals surface area contributed by atoms with Gasteiger partial charge in [0, 0.05) is 18.0 Å². The van der Waals surface area contributed by atoms with Gasteiger partial charge in [-0.25, -0.2) is 4.99 Å². The van der Waals surface area contributed by atoms with Crippen LogP contribution in [0.5, 0.6) is 5.75 Å². The first-order chi connectivity index (χ1) is 15.5. The zero-order chi connectivity index (χ0) is 23.1. The van der Waals surface area contributed by atoms with E-state index in [-0.39, 0.29) is 17.6 Å². The molecule has 0 saturated heterocycles. The van der Waals surface area contributed by atoms with Crippen molar-refractivity contribution in [1.82, 2.24) is 4.90 Å². The Balaban J connectivity index is 1.90. The van der Waals surface area contributed by atoms with Crippen molar-refractivity contribution in [2.24, 2.45) is 4.99 Å². The Bertz CT molecular complexity index is 1070. The van der Waals surface area contributed by atoms with E-state index in [1.54, 1.807) is 41.3 Å². The molecule has 1 aromatic heterocycles. The molecule has 0 atom stereocenters. The molecule has 1 aliphatic rings. The summed E-state index contributed by atoms with van der Waals surface area (Å²) in [5, 5.41) is 2.71. The maximum atomic E-state index is 13.2. The smallest absolute Gasteiger partial charge is 0.283 e. The number of amides is 2. The SMILES string of the molecule is C=CCN(CC=C)C(=O)CSC1=NC(=Cc2cccs2)C(=O)N1c1ccc(OC)c(Cl)c1. The number of thiophene rings is 1. The molecule has 3 rings (SSSR count). The molecular weight excluding hydrogens is 466 g/mol. The number of ether oxygens (including phenoxy) is 1. The normalized spacial score (nSPS) is 14.4. The third-order valence-corrected chi connectivity index (χ3v) is 6.46.